The topological polar surface area (TPSA) is 73.9 Å². The molecule has 1 aromatic rings. The molecule has 2 fully saturated rings. The molecule has 7 heteroatoms. The van der Waals surface area contributed by atoms with Crippen LogP contribution in [0.2, 0.25) is 0 Å². The van der Waals surface area contributed by atoms with Crippen molar-refractivity contribution in [2.45, 2.75) is 25.3 Å². The van der Waals surface area contributed by atoms with Crippen LogP contribution in [0.1, 0.15) is 19.3 Å². The standard InChI is InChI=1S/C12H19N7/c1-17-12(14-15-16-17)19-7-2-4-10-8-18(6-3-5-13)9-11(10)19/h10-11H,2-4,6-9H2,1H3/t10-,11-/m1/s1. The predicted molar refractivity (Wildman–Crippen MR) is 69.3 cm³/mol. The normalized spacial score (nSPS) is 27.3. The molecule has 3 rings (SSSR count). The first-order chi connectivity index (χ1) is 9.29. The van der Waals surface area contributed by atoms with E-state index in [1.807, 2.05) is 7.05 Å². The first-order valence-electron chi connectivity index (χ1n) is 6.88. The van der Waals surface area contributed by atoms with Crippen LogP contribution < -0.4 is 4.90 Å². The van der Waals surface area contributed by atoms with Gasteiger partial charge in [0.15, 0.2) is 0 Å². The van der Waals surface area contributed by atoms with Crippen molar-refractivity contribution in [3.05, 3.63) is 0 Å². The van der Waals surface area contributed by atoms with E-state index in [9.17, 15) is 0 Å². The zero-order valence-electron chi connectivity index (χ0n) is 11.2. The monoisotopic (exact) mass is 261 g/mol. The number of nitrogens with zero attached hydrogens (tertiary/aromatic N) is 7. The molecular weight excluding hydrogens is 242 g/mol. The maximum absolute atomic E-state index is 8.71. The van der Waals surface area contributed by atoms with E-state index in [0.717, 1.165) is 32.1 Å². The molecule has 0 radical (unpaired) electrons. The van der Waals surface area contributed by atoms with E-state index in [2.05, 4.69) is 31.4 Å². The van der Waals surface area contributed by atoms with E-state index in [-0.39, 0.29) is 0 Å². The van der Waals surface area contributed by atoms with Crippen molar-refractivity contribution >= 4 is 5.95 Å². The molecule has 1 aromatic heterocycles. The van der Waals surface area contributed by atoms with Gasteiger partial charge in [0.05, 0.1) is 6.07 Å². The lowest BCUT2D eigenvalue weighted by atomic mass is 9.92. The Morgan fingerprint density at radius 2 is 2.32 bits per heavy atom. The van der Waals surface area contributed by atoms with E-state index in [1.54, 1.807) is 4.68 Å². The molecule has 0 bridgehead atoms. The lowest BCUT2D eigenvalue weighted by Gasteiger charge is -2.36. The first kappa shape index (κ1) is 12.4. The molecule has 2 aliphatic rings. The van der Waals surface area contributed by atoms with E-state index >= 15 is 0 Å². The van der Waals surface area contributed by atoms with Gasteiger partial charge in [0, 0.05) is 45.7 Å². The number of hydrogen-bond acceptors (Lipinski definition) is 6. The van der Waals surface area contributed by atoms with E-state index in [0.29, 0.717) is 18.4 Å². The molecule has 0 unspecified atom stereocenters. The van der Waals surface area contributed by atoms with Crippen molar-refractivity contribution in [3.63, 3.8) is 0 Å². The minimum absolute atomic E-state index is 0.497. The van der Waals surface area contributed by atoms with Gasteiger partial charge in [0.25, 0.3) is 0 Å². The molecule has 102 valence electrons. The second-order valence-corrected chi connectivity index (χ2v) is 5.43. The molecule has 3 heterocycles. The van der Waals surface area contributed by atoms with Crippen LogP contribution in [0.15, 0.2) is 0 Å². The number of rotatable bonds is 3. The molecule has 0 saturated carbocycles. The number of aromatic nitrogens is 4. The number of hydrogen-bond donors (Lipinski definition) is 0. The Balaban J connectivity index is 1.74. The minimum Gasteiger partial charge on any atom is -0.335 e. The van der Waals surface area contributed by atoms with Crippen molar-refractivity contribution in [2.24, 2.45) is 13.0 Å². The van der Waals surface area contributed by atoms with Gasteiger partial charge < -0.3 is 4.90 Å². The quantitative estimate of drug-likeness (QED) is 0.764. The molecular formula is C12H19N7. The van der Waals surface area contributed by atoms with Crippen LogP contribution in [-0.2, 0) is 7.05 Å². The minimum atomic E-state index is 0.497. The third kappa shape index (κ3) is 2.28. The van der Waals surface area contributed by atoms with Crippen LogP contribution in [-0.4, -0.2) is 57.3 Å². The fourth-order valence-electron chi connectivity index (χ4n) is 3.37. The number of tetrazole rings is 1. The summed E-state index contributed by atoms with van der Waals surface area (Å²) in [6.07, 6.45) is 3.08. The maximum atomic E-state index is 8.71. The Morgan fingerprint density at radius 3 is 3.05 bits per heavy atom. The van der Waals surface area contributed by atoms with Crippen LogP contribution in [0.4, 0.5) is 5.95 Å². The predicted octanol–water partition coefficient (Wildman–Crippen LogP) is 0.0244. The summed E-state index contributed by atoms with van der Waals surface area (Å²) >= 11 is 0. The molecule has 2 saturated heterocycles. The van der Waals surface area contributed by atoms with Gasteiger partial charge >= 0.3 is 0 Å². The summed E-state index contributed by atoms with van der Waals surface area (Å²) in [6.45, 7) is 4.04. The van der Waals surface area contributed by atoms with Gasteiger partial charge in [-0.3, -0.25) is 4.90 Å². The molecule has 0 aliphatic carbocycles. The summed E-state index contributed by atoms with van der Waals surface area (Å²) in [5, 5.41) is 20.5. The molecule has 0 aromatic carbocycles. The zero-order chi connectivity index (χ0) is 13.2. The lowest BCUT2D eigenvalue weighted by Crippen LogP contribution is -2.46. The maximum Gasteiger partial charge on any atom is 0.245 e. The number of nitriles is 1. The summed E-state index contributed by atoms with van der Waals surface area (Å²) in [5.74, 6) is 1.56. The van der Waals surface area contributed by atoms with Crippen molar-refractivity contribution in [1.29, 1.82) is 5.26 Å². The van der Waals surface area contributed by atoms with Crippen molar-refractivity contribution < 1.29 is 0 Å². The van der Waals surface area contributed by atoms with Crippen LogP contribution in [0.3, 0.4) is 0 Å². The highest BCUT2D eigenvalue weighted by Gasteiger charge is 2.40. The molecule has 0 N–H and O–H groups in total. The summed E-state index contributed by atoms with van der Waals surface area (Å²) in [6, 6.07) is 2.73. The van der Waals surface area contributed by atoms with Gasteiger partial charge in [-0.2, -0.15) is 5.26 Å². The summed E-state index contributed by atoms with van der Waals surface area (Å²) < 4.78 is 1.75. The second-order valence-electron chi connectivity index (χ2n) is 5.43. The smallest absolute Gasteiger partial charge is 0.245 e. The van der Waals surface area contributed by atoms with E-state index in [1.165, 1.54) is 12.8 Å². The van der Waals surface area contributed by atoms with E-state index < -0.39 is 0 Å². The molecule has 0 amide bonds. The third-order valence-electron chi connectivity index (χ3n) is 4.25. The van der Waals surface area contributed by atoms with Crippen LogP contribution >= 0.6 is 0 Å². The number of piperidine rings is 1. The van der Waals surface area contributed by atoms with Crippen LogP contribution in [0.5, 0.6) is 0 Å². The molecule has 2 aliphatic heterocycles. The number of fused-ring (bicyclic) bond motifs is 1. The first-order valence-corrected chi connectivity index (χ1v) is 6.88. The lowest BCUT2D eigenvalue weighted by molar-refractivity contribution is 0.327. The fraction of sp³-hybridized carbons (Fsp3) is 0.833. The molecule has 7 nitrogen and oxygen atoms in total. The van der Waals surface area contributed by atoms with Gasteiger partial charge in [0.1, 0.15) is 0 Å². The Labute approximate surface area is 112 Å². The Bertz CT molecular complexity index is 477. The average Bonchev–Trinajstić information content (AvgIpc) is 3.01. The van der Waals surface area contributed by atoms with Gasteiger partial charge in [-0.15, -0.1) is 0 Å². The van der Waals surface area contributed by atoms with Gasteiger partial charge in [-0.1, -0.05) is 5.10 Å². The summed E-state index contributed by atoms with van der Waals surface area (Å²) in [5.41, 5.74) is 0. The second kappa shape index (κ2) is 5.13. The Morgan fingerprint density at radius 1 is 1.42 bits per heavy atom. The zero-order valence-corrected chi connectivity index (χ0v) is 11.2. The summed E-state index contributed by atoms with van der Waals surface area (Å²) in [7, 11) is 1.89. The molecule has 0 spiro atoms. The Kier molecular flexibility index (Phi) is 3.34. The Hall–Kier alpha value is -1.68. The number of likely N-dealkylation sites (tertiary alicyclic amines) is 1. The highest BCUT2D eigenvalue weighted by Crippen LogP contribution is 2.32. The fourth-order valence-corrected chi connectivity index (χ4v) is 3.37. The largest absolute Gasteiger partial charge is 0.335 e. The van der Waals surface area contributed by atoms with Crippen LogP contribution in [0, 0.1) is 17.2 Å². The van der Waals surface area contributed by atoms with Crippen molar-refractivity contribution in [1.82, 2.24) is 25.1 Å². The van der Waals surface area contributed by atoms with Gasteiger partial charge in [0.2, 0.25) is 5.95 Å². The van der Waals surface area contributed by atoms with Gasteiger partial charge in [-0.05, 0) is 29.2 Å². The molecule has 2 atom stereocenters. The SMILES string of the molecule is Cn1nnnc1N1CCC[C@@H]2CN(CCC#N)C[C@H]21. The van der Waals surface area contributed by atoms with Crippen LogP contribution in [0.25, 0.3) is 0 Å². The average molecular weight is 261 g/mol. The number of aryl methyl sites for hydroxylation is 1. The highest BCUT2D eigenvalue weighted by molar-refractivity contribution is 5.32. The van der Waals surface area contributed by atoms with Crippen molar-refractivity contribution in [3.8, 4) is 6.07 Å². The van der Waals surface area contributed by atoms with Gasteiger partial charge in [-0.25, -0.2) is 4.68 Å². The third-order valence-corrected chi connectivity index (χ3v) is 4.25. The van der Waals surface area contributed by atoms with Crippen molar-refractivity contribution in [2.75, 3.05) is 31.1 Å². The number of anilines is 1. The van der Waals surface area contributed by atoms with E-state index in [4.69, 9.17) is 5.26 Å². The molecule has 19 heavy (non-hydrogen) atoms. The highest BCUT2D eigenvalue weighted by atomic mass is 15.6. The summed E-state index contributed by atoms with van der Waals surface area (Å²) in [4.78, 5) is 4.75.